The number of aromatic nitrogens is 3. The Morgan fingerprint density at radius 1 is 1.43 bits per heavy atom. The molecule has 0 fully saturated rings. The first-order chi connectivity index (χ1) is 10.9. The van der Waals surface area contributed by atoms with Crippen LogP contribution in [0.5, 0.6) is 0 Å². The van der Waals surface area contributed by atoms with E-state index >= 15 is 0 Å². The number of nitrogens with zero attached hydrogens (tertiary/aromatic N) is 3. The Morgan fingerprint density at radius 2 is 2.22 bits per heavy atom. The zero-order valence-electron chi connectivity index (χ0n) is 12.2. The van der Waals surface area contributed by atoms with Gasteiger partial charge in [0, 0.05) is 32.5 Å². The fourth-order valence-corrected chi connectivity index (χ4v) is 1.70. The molecule has 0 N–H and O–H groups in total. The highest BCUT2D eigenvalue weighted by Gasteiger charge is 2.35. The molecule has 7 nitrogen and oxygen atoms in total. The predicted molar refractivity (Wildman–Crippen MR) is 69.3 cm³/mol. The maximum absolute atomic E-state index is 12.3. The van der Waals surface area contributed by atoms with Crippen molar-refractivity contribution in [2.45, 2.75) is 25.7 Å². The van der Waals surface area contributed by atoms with Crippen molar-refractivity contribution in [3.8, 4) is 0 Å². The van der Waals surface area contributed by atoms with Gasteiger partial charge in [0.05, 0.1) is 11.8 Å². The van der Waals surface area contributed by atoms with Crippen molar-refractivity contribution in [2.24, 2.45) is 0 Å². The molecule has 0 amide bonds. The minimum atomic E-state index is -4.60. The van der Waals surface area contributed by atoms with E-state index < -0.39 is 24.4 Å². The van der Waals surface area contributed by atoms with E-state index in [4.69, 9.17) is 9.47 Å². The Balaban J connectivity index is 1.86. The average molecular weight is 333 g/mol. The van der Waals surface area contributed by atoms with Gasteiger partial charge < -0.3 is 14.0 Å². The number of rotatable bonds is 7. The van der Waals surface area contributed by atoms with Crippen molar-refractivity contribution in [3.05, 3.63) is 35.5 Å². The van der Waals surface area contributed by atoms with Gasteiger partial charge in [0.2, 0.25) is 0 Å². The molecular formula is C13H14F3N3O4. The smallest absolute Gasteiger partial charge is 0.436 e. The van der Waals surface area contributed by atoms with Crippen molar-refractivity contribution in [1.82, 2.24) is 14.9 Å². The van der Waals surface area contributed by atoms with Crippen molar-refractivity contribution in [2.75, 3.05) is 13.7 Å². The zero-order valence-corrected chi connectivity index (χ0v) is 12.2. The van der Waals surface area contributed by atoms with Gasteiger partial charge in [0.25, 0.3) is 0 Å². The van der Waals surface area contributed by atoms with Crippen molar-refractivity contribution >= 4 is 5.97 Å². The van der Waals surface area contributed by atoms with Crippen LogP contribution < -0.4 is 0 Å². The fraction of sp³-hybridized carbons (Fsp3) is 0.462. The number of carbonyl (C=O) groups is 1. The molecule has 2 rings (SSSR count). The van der Waals surface area contributed by atoms with Gasteiger partial charge in [-0.1, -0.05) is 5.16 Å². The Labute approximate surface area is 129 Å². The van der Waals surface area contributed by atoms with Crippen LogP contribution in [0.15, 0.2) is 23.0 Å². The monoisotopic (exact) mass is 333 g/mol. The third-order valence-corrected chi connectivity index (χ3v) is 2.80. The lowest BCUT2D eigenvalue weighted by Crippen LogP contribution is -2.05. The highest BCUT2D eigenvalue weighted by atomic mass is 19.4. The molecule has 0 bridgehead atoms. The third kappa shape index (κ3) is 4.81. The summed E-state index contributed by atoms with van der Waals surface area (Å²) in [5.74, 6) is -0.911. The minimum absolute atomic E-state index is 0.193. The number of methoxy groups -OCH3 is 1. The summed E-state index contributed by atoms with van der Waals surface area (Å²) in [6.07, 6.45) is -1.07. The molecule has 0 aliphatic heterocycles. The summed E-state index contributed by atoms with van der Waals surface area (Å²) in [6, 6.07) is 0.682. The highest BCUT2D eigenvalue weighted by Crippen LogP contribution is 2.28. The Kier molecular flexibility index (Phi) is 5.37. The zero-order chi connectivity index (χ0) is 16.9. The van der Waals surface area contributed by atoms with Gasteiger partial charge in [0.15, 0.2) is 18.1 Å². The molecule has 2 aromatic heterocycles. The largest absolute Gasteiger partial charge is 0.454 e. The summed E-state index contributed by atoms with van der Waals surface area (Å²) < 4.78 is 52.8. The molecule has 0 aromatic carbocycles. The van der Waals surface area contributed by atoms with Crippen LogP contribution in [0.3, 0.4) is 0 Å². The lowest BCUT2D eigenvalue weighted by Gasteiger charge is -2.00. The summed E-state index contributed by atoms with van der Waals surface area (Å²) in [4.78, 5) is 11.8. The maximum atomic E-state index is 12.3. The van der Waals surface area contributed by atoms with Gasteiger partial charge in [0.1, 0.15) is 0 Å². The van der Waals surface area contributed by atoms with Gasteiger partial charge in [-0.15, -0.1) is 0 Å². The third-order valence-electron chi connectivity index (χ3n) is 2.80. The minimum Gasteiger partial charge on any atom is -0.454 e. The van der Waals surface area contributed by atoms with Crippen LogP contribution in [-0.2, 0) is 28.8 Å². The summed E-state index contributed by atoms with van der Waals surface area (Å²) in [7, 11) is 1.58. The van der Waals surface area contributed by atoms with Crippen LogP contribution in [0.25, 0.3) is 0 Å². The summed E-state index contributed by atoms with van der Waals surface area (Å²) in [5.41, 5.74) is -0.979. The molecular weight excluding hydrogens is 319 g/mol. The van der Waals surface area contributed by atoms with E-state index in [1.807, 2.05) is 0 Å². The average Bonchev–Trinajstić information content (AvgIpc) is 3.14. The van der Waals surface area contributed by atoms with Crippen molar-refractivity contribution in [1.29, 1.82) is 0 Å². The number of halogens is 3. The van der Waals surface area contributed by atoms with Crippen LogP contribution in [0, 0.1) is 0 Å². The quantitative estimate of drug-likeness (QED) is 0.571. The molecule has 126 valence electrons. The molecule has 23 heavy (non-hydrogen) atoms. The van der Waals surface area contributed by atoms with Crippen LogP contribution in [0.1, 0.15) is 28.2 Å². The molecule has 10 heteroatoms. The summed E-state index contributed by atoms with van der Waals surface area (Å²) in [5, 5.41) is 6.84. The topological polar surface area (TPSA) is 79.4 Å². The molecule has 0 aliphatic carbocycles. The first-order valence-corrected chi connectivity index (χ1v) is 6.61. The van der Waals surface area contributed by atoms with E-state index in [0.717, 1.165) is 6.42 Å². The van der Waals surface area contributed by atoms with E-state index in [2.05, 4.69) is 14.8 Å². The van der Waals surface area contributed by atoms with Crippen LogP contribution in [-0.4, -0.2) is 34.6 Å². The molecule has 0 unspecified atom stereocenters. The lowest BCUT2D eigenvalue weighted by molar-refractivity contribution is -0.142. The molecule has 0 spiro atoms. The second-order valence-electron chi connectivity index (χ2n) is 4.59. The molecule has 0 radical (unpaired) electrons. The van der Waals surface area contributed by atoms with Crippen LogP contribution >= 0.6 is 0 Å². The van der Waals surface area contributed by atoms with E-state index in [1.54, 1.807) is 11.8 Å². The van der Waals surface area contributed by atoms with E-state index in [9.17, 15) is 18.0 Å². The first-order valence-electron chi connectivity index (χ1n) is 6.61. The van der Waals surface area contributed by atoms with Gasteiger partial charge in [-0.3, -0.25) is 4.68 Å². The Bertz CT molecular complexity index is 651. The Morgan fingerprint density at radius 3 is 2.87 bits per heavy atom. The second kappa shape index (κ2) is 7.27. The Hall–Kier alpha value is -2.36. The SMILES string of the molecule is COCCCn1cc(C(=O)OCc2cc(C(F)(F)F)no2)cn1. The van der Waals surface area contributed by atoms with E-state index in [0.29, 0.717) is 19.2 Å². The number of esters is 1. The number of hydrogen-bond donors (Lipinski definition) is 0. The van der Waals surface area contributed by atoms with Crippen molar-refractivity contribution < 1.29 is 32.0 Å². The van der Waals surface area contributed by atoms with E-state index in [1.165, 1.54) is 12.4 Å². The van der Waals surface area contributed by atoms with Gasteiger partial charge in [-0.2, -0.15) is 18.3 Å². The molecule has 2 heterocycles. The molecule has 0 atom stereocenters. The van der Waals surface area contributed by atoms with Crippen molar-refractivity contribution in [3.63, 3.8) is 0 Å². The second-order valence-corrected chi connectivity index (χ2v) is 4.59. The summed E-state index contributed by atoms with van der Waals surface area (Å²) in [6.45, 7) is 0.682. The molecule has 0 saturated carbocycles. The van der Waals surface area contributed by atoms with Gasteiger partial charge in [-0.05, 0) is 6.42 Å². The molecule has 2 aromatic rings. The number of alkyl halides is 3. The first kappa shape index (κ1) is 17.0. The number of aryl methyl sites for hydroxylation is 1. The summed E-state index contributed by atoms with van der Waals surface area (Å²) >= 11 is 0. The highest BCUT2D eigenvalue weighted by molar-refractivity contribution is 5.88. The lowest BCUT2D eigenvalue weighted by atomic mass is 10.3. The normalized spacial score (nSPS) is 11.7. The maximum Gasteiger partial charge on any atom is 0.436 e. The standard InChI is InChI=1S/C13H14F3N3O4/c1-21-4-2-3-19-7-9(6-17-19)12(20)22-8-10-5-11(18-23-10)13(14,15)16/h5-7H,2-4,8H2,1H3. The van der Waals surface area contributed by atoms with Gasteiger partial charge >= 0.3 is 12.1 Å². The van der Waals surface area contributed by atoms with Gasteiger partial charge in [-0.25, -0.2) is 4.79 Å². The number of ether oxygens (including phenoxy) is 2. The number of carbonyl (C=O) groups excluding carboxylic acids is 1. The fourth-order valence-electron chi connectivity index (χ4n) is 1.70. The molecule has 0 aliphatic rings. The van der Waals surface area contributed by atoms with E-state index in [-0.39, 0.29) is 11.3 Å². The molecule has 0 saturated heterocycles. The van der Waals surface area contributed by atoms with Crippen LogP contribution in [0.4, 0.5) is 13.2 Å². The number of hydrogen-bond acceptors (Lipinski definition) is 6. The predicted octanol–water partition coefficient (Wildman–Crippen LogP) is 2.28. The van der Waals surface area contributed by atoms with Crippen LogP contribution in [0.2, 0.25) is 0 Å².